The molecule has 7 heteroatoms. The van der Waals surface area contributed by atoms with Gasteiger partial charge in [-0.3, -0.25) is 4.99 Å². The fraction of sp³-hybridized carbons (Fsp3) is 0.611. The van der Waals surface area contributed by atoms with E-state index >= 15 is 0 Å². The fourth-order valence-corrected chi connectivity index (χ4v) is 2.05. The summed E-state index contributed by atoms with van der Waals surface area (Å²) in [5.41, 5.74) is 0.102. The Balaban J connectivity index is 0.00000576. The zero-order valence-corrected chi connectivity index (χ0v) is 18.2. The van der Waals surface area contributed by atoms with Crippen LogP contribution in [-0.4, -0.2) is 44.3 Å². The largest absolute Gasteiger partial charge is 0.489 e. The smallest absolute Gasteiger partial charge is 0.191 e. The lowest BCUT2D eigenvalue weighted by Gasteiger charge is -2.22. The second-order valence-corrected chi connectivity index (χ2v) is 6.66. The maximum atomic E-state index is 13.2. The van der Waals surface area contributed by atoms with E-state index in [1.54, 1.807) is 19.2 Å². The van der Waals surface area contributed by atoms with E-state index in [1.807, 2.05) is 6.92 Å². The van der Waals surface area contributed by atoms with E-state index in [4.69, 9.17) is 4.74 Å². The van der Waals surface area contributed by atoms with E-state index in [0.29, 0.717) is 12.3 Å². The van der Waals surface area contributed by atoms with E-state index in [-0.39, 0.29) is 41.4 Å². The number of nitrogens with one attached hydrogen (secondary N) is 3. The van der Waals surface area contributed by atoms with Crippen molar-refractivity contribution in [2.24, 2.45) is 4.99 Å². The second kappa shape index (κ2) is 12.3. The molecule has 0 radical (unpaired) electrons. The lowest BCUT2D eigenvalue weighted by Crippen LogP contribution is -2.46. The molecule has 1 atom stereocenters. The van der Waals surface area contributed by atoms with Crippen molar-refractivity contribution in [2.75, 3.05) is 26.7 Å². The van der Waals surface area contributed by atoms with Crippen LogP contribution in [0.15, 0.2) is 29.3 Å². The van der Waals surface area contributed by atoms with Crippen molar-refractivity contribution in [1.82, 2.24) is 16.0 Å². The van der Waals surface area contributed by atoms with Gasteiger partial charge in [-0.1, -0.05) is 13.0 Å². The lowest BCUT2D eigenvalue weighted by atomic mass is 10.1. The Kier molecular flexibility index (Phi) is 11.8. The number of hydrogen-bond acceptors (Lipinski definition) is 3. The lowest BCUT2D eigenvalue weighted by molar-refractivity contribution is 0.199. The SMILES string of the molecule is CCC(CNC(=NC)NCCNC(C)(C)C)Oc1cccc(F)c1.I. The van der Waals surface area contributed by atoms with Gasteiger partial charge in [-0.05, 0) is 39.3 Å². The normalized spacial score (nSPS) is 13.0. The molecule has 0 aromatic heterocycles. The predicted octanol–water partition coefficient (Wildman–Crippen LogP) is 3.15. The molecule has 0 amide bonds. The van der Waals surface area contributed by atoms with Crippen LogP contribution in [0.3, 0.4) is 0 Å². The molecular weight excluding hydrogens is 434 g/mol. The monoisotopic (exact) mass is 466 g/mol. The van der Waals surface area contributed by atoms with Crippen molar-refractivity contribution in [3.63, 3.8) is 0 Å². The van der Waals surface area contributed by atoms with Crippen molar-refractivity contribution in [3.8, 4) is 5.75 Å². The van der Waals surface area contributed by atoms with Gasteiger partial charge in [-0.15, -0.1) is 24.0 Å². The first-order chi connectivity index (χ1) is 11.3. The van der Waals surface area contributed by atoms with Crippen LogP contribution in [0, 0.1) is 5.82 Å². The molecule has 0 fully saturated rings. The average molecular weight is 466 g/mol. The van der Waals surface area contributed by atoms with Gasteiger partial charge in [0.2, 0.25) is 0 Å². The highest BCUT2D eigenvalue weighted by Crippen LogP contribution is 2.14. The number of halogens is 2. The maximum Gasteiger partial charge on any atom is 0.191 e. The van der Waals surface area contributed by atoms with E-state index < -0.39 is 0 Å². The topological polar surface area (TPSA) is 57.7 Å². The Bertz CT molecular complexity index is 520. The first-order valence-electron chi connectivity index (χ1n) is 8.46. The number of rotatable bonds is 8. The van der Waals surface area contributed by atoms with Gasteiger partial charge < -0.3 is 20.7 Å². The number of ether oxygens (including phenoxy) is 1. The van der Waals surface area contributed by atoms with Gasteiger partial charge in [0.1, 0.15) is 17.7 Å². The highest BCUT2D eigenvalue weighted by Gasteiger charge is 2.10. The third-order valence-electron chi connectivity index (χ3n) is 3.35. The van der Waals surface area contributed by atoms with Gasteiger partial charge >= 0.3 is 0 Å². The summed E-state index contributed by atoms with van der Waals surface area (Å²) in [6.45, 7) is 10.7. The summed E-state index contributed by atoms with van der Waals surface area (Å²) in [5, 5.41) is 9.91. The molecule has 144 valence electrons. The van der Waals surface area contributed by atoms with Crippen molar-refractivity contribution in [3.05, 3.63) is 30.1 Å². The number of hydrogen-bond donors (Lipinski definition) is 3. The van der Waals surface area contributed by atoms with Crippen LogP contribution in [0.4, 0.5) is 4.39 Å². The number of aliphatic imine (C=N–C) groups is 1. The Hall–Kier alpha value is -1.09. The molecule has 1 rings (SSSR count). The van der Waals surface area contributed by atoms with Crippen LogP contribution in [-0.2, 0) is 0 Å². The second-order valence-electron chi connectivity index (χ2n) is 6.66. The molecule has 0 heterocycles. The standard InChI is InChI=1S/C18H31FN4O.HI/c1-6-15(24-16-9-7-8-14(19)12-16)13-22-17(20-5)21-10-11-23-18(2,3)4;/h7-9,12,15,23H,6,10-11,13H2,1-5H3,(H2,20,21,22);1H. The summed E-state index contributed by atoms with van der Waals surface area (Å²) in [6.07, 6.45) is 0.754. The van der Waals surface area contributed by atoms with Crippen LogP contribution in [0.1, 0.15) is 34.1 Å². The Morgan fingerprint density at radius 2 is 1.96 bits per heavy atom. The number of benzene rings is 1. The molecule has 0 saturated heterocycles. The molecule has 1 aromatic rings. The summed E-state index contributed by atoms with van der Waals surface area (Å²) < 4.78 is 19.0. The van der Waals surface area contributed by atoms with Gasteiger partial charge in [-0.25, -0.2) is 4.39 Å². The first kappa shape index (κ1) is 23.9. The van der Waals surface area contributed by atoms with E-state index in [0.717, 1.165) is 25.5 Å². The van der Waals surface area contributed by atoms with Gasteiger partial charge in [0.05, 0.1) is 6.54 Å². The third kappa shape index (κ3) is 11.2. The molecule has 3 N–H and O–H groups in total. The minimum Gasteiger partial charge on any atom is -0.489 e. The molecule has 0 spiro atoms. The van der Waals surface area contributed by atoms with E-state index in [2.05, 4.69) is 41.7 Å². The van der Waals surface area contributed by atoms with Gasteiger partial charge in [0.15, 0.2) is 5.96 Å². The van der Waals surface area contributed by atoms with Crippen LogP contribution >= 0.6 is 24.0 Å². The quantitative estimate of drug-likeness (QED) is 0.239. The van der Waals surface area contributed by atoms with E-state index in [1.165, 1.54) is 12.1 Å². The van der Waals surface area contributed by atoms with Gasteiger partial charge in [-0.2, -0.15) is 0 Å². The Morgan fingerprint density at radius 1 is 1.24 bits per heavy atom. The Labute approximate surface area is 168 Å². The molecule has 0 bridgehead atoms. The van der Waals surface area contributed by atoms with Crippen LogP contribution in [0.25, 0.3) is 0 Å². The molecule has 25 heavy (non-hydrogen) atoms. The van der Waals surface area contributed by atoms with E-state index in [9.17, 15) is 4.39 Å². The maximum absolute atomic E-state index is 13.2. The fourth-order valence-electron chi connectivity index (χ4n) is 2.05. The molecule has 0 aliphatic heterocycles. The highest BCUT2D eigenvalue weighted by atomic mass is 127. The molecule has 0 aliphatic rings. The third-order valence-corrected chi connectivity index (χ3v) is 3.35. The van der Waals surface area contributed by atoms with Crippen LogP contribution in [0.5, 0.6) is 5.75 Å². The number of nitrogens with zero attached hydrogens (tertiary/aromatic N) is 1. The average Bonchev–Trinajstić information content (AvgIpc) is 2.52. The summed E-state index contributed by atoms with van der Waals surface area (Å²) in [5.74, 6) is 0.979. The highest BCUT2D eigenvalue weighted by molar-refractivity contribution is 14.0. The van der Waals surface area contributed by atoms with Gasteiger partial charge in [0, 0.05) is 31.7 Å². The zero-order chi connectivity index (χ0) is 18.0. The molecule has 0 saturated carbocycles. The predicted molar refractivity (Wildman–Crippen MR) is 114 cm³/mol. The zero-order valence-electron chi connectivity index (χ0n) is 15.9. The molecule has 1 unspecified atom stereocenters. The molecule has 0 aliphatic carbocycles. The van der Waals surface area contributed by atoms with Crippen molar-refractivity contribution >= 4 is 29.9 Å². The molecule has 1 aromatic carbocycles. The van der Waals surface area contributed by atoms with Crippen molar-refractivity contribution < 1.29 is 9.13 Å². The van der Waals surface area contributed by atoms with Crippen LogP contribution < -0.4 is 20.7 Å². The molecule has 5 nitrogen and oxygen atoms in total. The Morgan fingerprint density at radius 3 is 2.52 bits per heavy atom. The van der Waals surface area contributed by atoms with Crippen LogP contribution in [0.2, 0.25) is 0 Å². The van der Waals surface area contributed by atoms with Crippen molar-refractivity contribution in [2.45, 2.75) is 45.8 Å². The minimum atomic E-state index is -0.292. The molecular formula is C18H32FIN4O. The van der Waals surface area contributed by atoms with Crippen molar-refractivity contribution in [1.29, 1.82) is 0 Å². The summed E-state index contributed by atoms with van der Waals surface area (Å²) in [7, 11) is 1.74. The summed E-state index contributed by atoms with van der Waals surface area (Å²) >= 11 is 0. The van der Waals surface area contributed by atoms with Gasteiger partial charge in [0.25, 0.3) is 0 Å². The number of guanidine groups is 1. The summed E-state index contributed by atoms with van der Waals surface area (Å²) in [6, 6.07) is 6.21. The summed E-state index contributed by atoms with van der Waals surface area (Å²) in [4.78, 5) is 4.20. The first-order valence-corrected chi connectivity index (χ1v) is 8.46. The minimum absolute atomic E-state index is 0.